The van der Waals surface area contributed by atoms with Crippen molar-refractivity contribution >= 4 is 23.0 Å². The van der Waals surface area contributed by atoms with E-state index >= 15 is 0 Å². The van der Waals surface area contributed by atoms with Gasteiger partial charge in [-0.25, -0.2) is 4.79 Å². The van der Waals surface area contributed by atoms with Crippen LogP contribution >= 0.6 is 0 Å². The maximum atomic E-state index is 12.0. The van der Waals surface area contributed by atoms with Gasteiger partial charge in [-0.15, -0.1) is 0 Å². The molecule has 1 aromatic heterocycles. The van der Waals surface area contributed by atoms with Gasteiger partial charge in [-0.3, -0.25) is 4.98 Å². The molecule has 5 heteroatoms. The molecule has 2 aromatic carbocycles. The molecule has 166 valence electrons. The molecule has 3 aromatic rings. The number of nitrogens with zero attached hydrogens (tertiary/aromatic N) is 3. The molecular formula is C27H31N3O2. The molecule has 0 fully saturated rings. The van der Waals surface area contributed by atoms with E-state index < -0.39 is 0 Å². The second-order valence-corrected chi connectivity index (χ2v) is 8.65. The lowest BCUT2D eigenvalue weighted by atomic mass is 9.93. The zero-order valence-electron chi connectivity index (χ0n) is 19.3. The van der Waals surface area contributed by atoms with E-state index in [1.807, 2.05) is 0 Å². The van der Waals surface area contributed by atoms with Crippen LogP contribution in [-0.4, -0.2) is 39.2 Å². The number of methoxy groups -OCH3 is 1. The van der Waals surface area contributed by atoms with E-state index in [9.17, 15) is 4.79 Å². The van der Waals surface area contributed by atoms with Crippen molar-refractivity contribution < 1.29 is 9.53 Å². The Kier molecular flexibility index (Phi) is 6.45. The number of ether oxygens (including phenoxy) is 1. The Labute approximate surface area is 190 Å². The van der Waals surface area contributed by atoms with Crippen LogP contribution in [0.3, 0.4) is 0 Å². The molecule has 0 bridgehead atoms. The zero-order valence-corrected chi connectivity index (χ0v) is 19.3. The molecular weight excluding hydrogens is 398 g/mol. The average Bonchev–Trinajstić information content (AvgIpc) is 3.24. The highest BCUT2D eigenvalue weighted by Crippen LogP contribution is 2.39. The van der Waals surface area contributed by atoms with Crippen molar-refractivity contribution in [3.8, 4) is 0 Å². The predicted octanol–water partition coefficient (Wildman–Crippen LogP) is 5.36. The third-order valence-electron chi connectivity index (χ3n) is 6.54. The third kappa shape index (κ3) is 4.47. The molecule has 5 nitrogen and oxygen atoms in total. The number of esters is 1. The van der Waals surface area contributed by atoms with Crippen LogP contribution < -0.4 is 9.80 Å². The number of rotatable bonds is 7. The van der Waals surface area contributed by atoms with Gasteiger partial charge >= 0.3 is 5.97 Å². The number of hydrogen-bond acceptors (Lipinski definition) is 5. The second-order valence-electron chi connectivity index (χ2n) is 8.65. The number of aromatic nitrogens is 1. The first-order chi connectivity index (χ1) is 15.5. The van der Waals surface area contributed by atoms with Crippen molar-refractivity contribution in [1.82, 2.24) is 4.98 Å². The summed E-state index contributed by atoms with van der Waals surface area (Å²) in [4.78, 5) is 20.6. The van der Waals surface area contributed by atoms with Gasteiger partial charge in [0.2, 0.25) is 0 Å². The lowest BCUT2D eigenvalue weighted by Crippen LogP contribution is -2.11. The molecule has 0 aliphatic heterocycles. The summed E-state index contributed by atoms with van der Waals surface area (Å²) in [7, 11) is 7.65. The summed E-state index contributed by atoms with van der Waals surface area (Å²) >= 11 is 0. The molecule has 0 unspecified atom stereocenters. The Hall–Kier alpha value is -3.34. The number of hydrogen-bond donors (Lipinski definition) is 0. The Bertz CT molecular complexity index is 1090. The van der Waals surface area contributed by atoms with E-state index in [0.29, 0.717) is 11.5 Å². The van der Waals surface area contributed by atoms with Gasteiger partial charge in [-0.2, -0.15) is 0 Å². The Balaban J connectivity index is 1.47. The first-order valence-electron chi connectivity index (χ1n) is 11.1. The van der Waals surface area contributed by atoms with Crippen LogP contribution in [-0.2, 0) is 17.6 Å². The first kappa shape index (κ1) is 21.9. The lowest BCUT2D eigenvalue weighted by molar-refractivity contribution is 0.0599. The van der Waals surface area contributed by atoms with E-state index in [2.05, 4.69) is 78.4 Å². The van der Waals surface area contributed by atoms with Crippen LogP contribution in [0.4, 0.5) is 17.1 Å². The van der Waals surface area contributed by atoms with E-state index in [1.54, 1.807) is 18.5 Å². The maximum Gasteiger partial charge on any atom is 0.338 e. The summed E-state index contributed by atoms with van der Waals surface area (Å²) in [6.07, 6.45) is 7.51. The molecule has 1 heterocycles. The zero-order chi connectivity index (χ0) is 22.7. The van der Waals surface area contributed by atoms with Crippen LogP contribution in [0.2, 0.25) is 0 Å². The summed E-state index contributed by atoms with van der Waals surface area (Å²) in [5.74, 6) is 0.218. The molecule has 0 spiro atoms. The second kappa shape index (κ2) is 9.43. The molecule has 0 N–H and O–H groups in total. The van der Waals surface area contributed by atoms with Crippen molar-refractivity contribution in [2.45, 2.75) is 31.6 Å². The van der Waals surface area contributed by atoms with Gasteiger partial charge in [0.25, 0.3) is 0 Å². The van der Waals surface area contributed by atoms with E-state index in [0.717, 1.165) is 31.2 Å². The molecule has 32 heavy (non-hydrogen) atoms. The number of aryl methyl sites for hydroxylation is 2. The number of carbonyl (C=O) groups is 1. The fraction of sp³-hybridized carbons (Fsp3) is 0.333. The summed E-state index contributed by atoms with van der Waals surface area (Å²) in [5.41, 5.74) is 8.04. The molecule has 0 saturated carbocycles. The number of carbonyl (C=O) groups excluding carboxylic acids is 1. The maximum absolute atomic E-state index is 12.0. The third-order valence-corrected chi connectivity index (χ3v) is 6.54. The quantitative estimate of drug-likeness (QED) is 0.473. The van der Waals surface area contributed by atoms with Crippen LogP contribution in [0.25, 0.3) is 0 Å². The molecule has 4 rings (SSSR count). The minimum absolute atomic E-state index is 0.291. The monoisotopic (exact) mass is 429 g/mol. The number of anilines is 3. The predicted molar refractivity (Wildman–Crippen MR) is 130 cm³/mol. The summed E-state index contributed by atoms with van der Waals surface area (Å²) < 4.78 is 4.92. The smallest absolute Gasteiger partial charge is 0.338 e. The molecule has 1 aliphatic carbocycles. The van der Waals surface area contributed by atoms with E-state index in [-0.39, 0.29) is 5.97 Å². The normalized spacial score (nSPS) is 14.7. The van der Waals surface area contributed by atoms with Crippen LogP contribution in [0.5, 0.6) is 0 Å². The Morgan fingerprint density at radius 3 is 2.47 bits per heavy atom. The minimum Gasteiger partial charge on any atom is -0.465 e. The lowest BCUT2D eigenvalue weighted by Gasteiger charge is -2.22. The molecule has 0 saturated heterocycles. The van der Waals surface area contributed by atoms with Crippen LogP contribution in [0.1, 0.15) is 45.8 Å². The highest BCUT2D eigenvalue weighted by Gasteiger charge is 2.24. The SMILES string of the molecule is COC(=O)c1ccncc1CC[C@H]1CCc2cc(N(C)c3ccc(N(C)C)cc3)ccc21. The van der Waals surface area contributed by atoms with Gasteiger partial charge in [0.1, 0.15) is 0 Å². The number of benzene rings is 2. The Morgan fingerprint density at radius 1 is 1.03 bits per heavy atom. The minimum atomic E-state index is -0.291. The average molecular weight is 430 g/mol. The van der Waals surface area contributed by atoms with Gasteiger partial charge in [0.15, 0.2) is 0 Å². The topological polar surface area (TPSA) is 45.7 Å². The van der Waals surface area contributed by atoms with Crippen molar-refractivity contribution in [1.29, 1.82) is 0 Å². The van der Waals surface area contributed by atoms with Gasteiger partial charge in [0.05, 0.1) is 12.7 Å². The fourth-order valence-corrected chi connectivity index (χ4v) is 4.59. The van der Waals surface area contributed by atoms with Crippen LogP contribution in [0, 0.1) is 0 Å². The van der Waals surface area contributed by atoms with Gasteiger partial charge in [0, 0.05) is 50.6 Å². The summed E-state index contributed by atoms with van der Waals surface area (Å²) in [6, 6.07) is 17.2. The summed E-state index contributed by atoms with van der Waals surface area (Å²) in [6.45, 7) is 0. The van der Waals surface area contributed by atoms with Crippen molar-refractivity contribution in [3.63, 3.8) is 0 Å². The molecule has 1 atom stereocenters. The largest absolute Gasteiger partial charge is 0.465 e. The highest BCUT2D eigenvalue weighted by molar-refractivity contribution is 5.90. The first-order valence-corrected chi connectivity index (χ1v) is 11.1. The van der Waals surface area contributed by atoms with Crippen molar-refractivity contribution in [2.24, 2.45) is 0 Å². The Morgan fingerprint density at radius 2 is 1.75 bits per heavy atom. The van der Waals surface area contributed by atoms with Crippen molar-refractivity contribution in [3.05, 3.63) is 83.2 Å². The van der Waals surface area contributed by atoms with Crippen LogP contribution in [0.15, 0.2) is 60.9 Å². The highest BCUT2D eigenvalue weighted by atomic mass is 16.5. The standard InChI is InChI=1S/C27H31N3O2/c1-29(2)22-9-11-23(12-10-22)30(3)24-13-14-25-19(5-7-20(25)17-24)6-8-21-18-28-16-15-26(21)27(31)32-4/h9-19H,5-8H2,1-4H3/t19-/m1/s1. The van der Waals surface area contributed by atoms with Gasteiger partial charge < -0.3 is 14.5 Å². The number of fused-ring (bicyclic) bond motifs is 1. The van der Waals surface area contributed by atoms with E-state index in [1.165, 1.54) is 35.3 Å². The van der Waals surface area contributed by atoms with E-state index in [4.69, 9.17) is 4.74 Å². The molecule has 1 aliphatic rings. The fourth-order valence-electron chi connectivity index (χ4n) is 4.59. The van der Waals surface area contributed by atoms with Gasteiger partial charge in [-0.05, 0) is 90.8 Å². The molecule has 0 radical (unpaired) electrons. The van der Waals surface area contributed by atoms with Gasteiger partial charge in [-0.1, -0.05) is 6.07 Å². The molecule has 0 amide bonds. The summed E-state index contributed by atoms with van der Waals surface area (Å²) in [5, 5.41) is 0. The van der Waals surface area contributed by atoms with Crippen molar-refractivity contribution in [2.75, 3.05) is 38.1 Å². The number of pyridine rings is 1.